The maximum Gasteiger partial charge on any atom is 0.262 e. The molecule has 0 bridgehead atoms. The number of fused-ring (bicyclic) bond motifs is 1. The quantitative estimate of drug-likeness (QED) is 0.753. The van der Waals surface area contributed by atoms with Gasteiger partial charge in [0.2, 0.25) is 0 Å². The minimum Gasteiger partial charge on any atom is -0.495 e. The Kier molecular flexibility index (Phi) is 3.96. The van der Waals surface area contributed by atoms with E-state index in [-0.39, 0.29) is 4.90 Å². The highest BCUT2D eigenvalue weighted by Gasteiger charge is 2.17. The minimum absolute atomic E-state index is 0.169. The van der Waals surface area contributed by atoms with E-state index in [0.717, 1.165) is 17.8 Å². The number of aryl methyl sites for hydroxylation is 1. The molecule has 2 aromatic carbocycles. The van der Waals surface area contributed by atoms with Crippen molar-refractivity contribution in [3.8, 4) is 5.75 Å². The largest absolute Gasteiger partial charge is 0.495 e. The lowest BCUT2D eigenvalue weighted by Crippen LogP contribution is -2.13. The fourth-order valence-corrected chi connectivity index (χ4v) is 3.41. The molecule has 3 rings (SSSR count). The molecule has 1 aromatic heterocycles. The molecule has 23 heavy (non-hydrogen) atoms. The van der Waals surface area contributed by atoms with Gasteiger partial charge in [-0.15, -0.1) is 0 Å². The molecule has 6 nitrogen and oxygen atoms in total. The first-order valence-electron chi connectivity index (χ1n) is 7.18. The molecular weight excluding hydrogens is 314 g/mol. The molecule has 1 heterocycles. The Morgan fingerprint density at radius 1 is 1.22 bits per heavy atom. The number of sulfonamides is 1. The van der Waals surface area contributed by atoms with Crippen LogP contribution in [-0.2, 0) is 16.4 Å². The van der Waals surface area contributed by atoms with Gasteiger partial charge in [-0.1, -0.05) is 19.1 Å². The van der Waals surface area contributed by atoms with Crippen LogP contribution in [0.25, 0.3) is 11.0 Å². The molecule has 2 N–H and O–H groups in total. The van der Waals surface area contributed by atoms with Crippen LogP contribution in [0.1, 0.15) is 12.7 Å². The summed E-state index contributed by atoms with van der Waals surface area (Å²) in [7, 11) is -2.22. The maximum atomic E-state index is 12.6. The zero-order valence-corrected chi connectivity index (χ0v) is 13.6. The maximum absolute atomic E-state index is 12.6. The van der Waals surface area contributed by atoms with Gasteiger partial charge in [0.15, 0.2) is 0 Å². The Labute approximate surface area is 134 Å². The molecule has 0 saturated carbocycles. The Morgan fingerprint density at radius 2 is 2.00 bits per heavy atom. The summed E-state index contributed by atoms with van der Waals surface area (Å²) >= 11 is 0. The van der Waals surface area contributed by atoms with E-state index in [2.05, 4.69) is 14.7 Å². The topological polar surface area (TPSA) is 84.1 Å². The van der Waals surface area contributed by atoms with E-state index >= 15 is 0 Å². The van der Waals surface area contributed by atoms with Crippen LogP contribution in [0.5, 0.6) is 5.75 Å². The molecule has 0 unspecified atom stereocenters. The summed E-state index contributed by atoms with van der Waals surface area (Å²) < 4.78 is 32.9. The van der Waals surface area contributed by atoms with Gasteiger partial charge >= 0.3 is 0 Å². The summed E-state index contributed by atoms with van der Waals surface area (Å²) in [5, 5.41) is 0. The van der Waals surface area contributed by atoms with E-state index in [9.17, 15) is 8.42 Å². The lowest BCUT2D eigenvalue weighted by atomic mass is 10.3. The van der Waals surface area contributed by atoms with Crippen LogP contribution in [-0.4, -0.2) is 25.5 Å². The number of anilines is 1. The van der Waals surface area contributed by atoms with Gasteiger partial charge in [-0.2, -0.15) is 0 Å². The fourth-order valence-electron chi connectivity index (χ4n) is 2.31. The van der Waals surface area contributed by atoms with Crippen LogP contribution >= 0.6 is 0 Å². The van der Waals surface area contributed by atoms with Crippen LogP contribution in [0.4, 0.5) is 5.69 Å². The first-order valence-corrected chi connectivity index (χ1v) is 8.66. The van der Waals surface area contributed by atoms with E-state index in [0.29, 0.717) is 17.0 Å². The number of hydrogen-bond donors (Lipinski definition) is 2. The van der Waals surface area contributed by atoms with E-state index in [1.54, 1.807) is 42.5 Å². The van der Waals surface area contributed by atoms with Gasteiger partial charge < -0.3 is 9.72 Å². The van der Waals surface area contributed by atoms with Crippen molar-refractivity contribution in [1.82, 2.24) is 9.97 Å². The van der Waals surface area contributed by atoms with Gasteiger partial charge in [0.05, 0.1) is 28.7 Å². The molecule has 0 saturated heterocycles. The number of aromatic amines is 1. The molecule has 0 aliphatic rings. The lowest BCUT2D eigenvalue weighted by Gasteiger charge is -2.11. The molecule has 0 aliphatic carbocycles. The molecular formula is C16H17N3O3S. The number of nitrogens with one attached hydrogen (secondary N) is 2. The molecule has 0 fully saturated rings. The monoisotopic (exact) mass is 331 g/mol. The summed E-state index contributed by atoms with van der Waals surface area (Å²) in [6.45, 7) is 1.98. The Balaban J connectivity index is 1.98. The molecule has 0 spiro atoms. The molecule has 0 atom stereocenters. The number of ether oxygens (including phenoxy) is 1. The number of nitrogens with zero attached hydrogens (tertiary/aromatic N) is 1. The van der Waals surface area contributed by atoms with Gasteiger partial charge in [0.1, 0.15) is 11.6 Å². The highest BCUT2D eigenvalue weighted by Crippen LogP contribution is 2.27. The SMILES string of the molecule is CCc1nc2ccc(S(=O)(=O)Nc3ccccc3OC)cc2[nH]1. The Hall–Kier alpha value is -2.54. The highest BCUT2D eigenvalue weighted by atomic mass is 32.2. The summed E-state index contributed by atoms with van der Waals surface area (Å²) in [4.78, 5) is 7.66. The third-order valence-corrected chi connectivity index (χ3v) is 4.86. The number of imidazole rings is 1. The third-order valence-electron chi connectivity index (χ3n) is 3.50. The smallest absolute Gasteiger partial charge is 0.262 e. The number of H-pyrrole nitrogens is 1. The van der Waals surface area contributed by atoms with Crippen molar-refractivity contribution in [3.63, 3.8) is 0 Å². The van der Waals surface area contributed by atoms with Gasteiger partial charge in [0.25, 0.3) is 10.0 Å². The van der Waals surface area contributed by atoms with Gasteiger partial charge in [-0.3, -0.25) is 4.72 Å². The summed E-state index contributed by atoms with van der Waals surface area (Å²) in [5.41, 5.74) is 1.84. The van der Waals surface area contributed by atoms with Crippen LogP contribution in [0.15, 0.2) is 47.4 Å². The van der Waals surface area contributed by atoms with E-state index < -0.39 is 10.0 Å². The summed E-state index contributed by atoms with van der Waals surface area (Å²) in [5.74, 6) is 1.29. The van der Waals surface area contributed by atoms with E-state index in [1.807, 2.05) is 6.92 Å². The van der Waals surface area contributed by atoms with Crippen molar-refractivity contribution in [2.45, 2.75) is 18.2 Å². The van der Waals surface area contributed by atoms with Gasteiger partial charge in [0, 0.05) is 6.42 Å². The van der Waals surface area contributed by atoms with Crippen molar-refractivity contribution >= 4 is 26.7 Å². The second-order valence-electron chi connectivity index (χ2n) is 5.02. The molecule has 0 aliphatic heterocycles. The van der Waals surface area contributed by atoms with Crippen LogP contribution in [0, 0.1) is 0 Å². The van der Waals surface area contributed by atoms with Crippen molar-refractivity contribution in [2.24, 2.45) is 0 Å². The second kappa shape index (κ2) is 5.92. The number of aromatic nitrogens is 2. The van der Waals surface area contributed by atoms with Crippen molar-refractivity contribution in [1.29, 1.82) is 0 Å². The number of methoxy groups -OCH3 is 1. The second-order valence-corrected chi connectivity index (χ2v) is 6.70. The summed E-state index contributed by atoms with van der Waals surface area (Å²) in [6, 6.07) is 11.7. The van der Waals surface area contributed by atoms with Crippen LogP contribution in [0.3, 0.4) is 0 Å². The predicted octanol–water partition coefficient (Wildman–Crippen LogP) is 2.93. The Bertz CT molecular complexity index is 948. The lowest BCUT2D eigenvalue weighted by molar-refractivity contribution is 0.417. The van der Waals surface area contributed by atoms with Crippen LogP contribution in [0.2, 0.25) is 0 Å². The first-order chi connectivity index (χ1) is 11.0. The average Bonchev–Trinajstić information content (AvgIpc) is 2.97. The fraction of sp³-hybridized carbons (Fsp3) is 0.188. The standard InChI is InChI=1S/C16H17N3O3S/c1-3-16-17-12-9-8-11(10-14(12)18-16)23(20,21)19-13-6-4-5-7-15(13)22-2/h4-10,19H,3H2,1-2H3,(H,17,18). The molecule has 120 valence electrons. The number of para-hydroxylation sites is 2. The van der Waals surface area contributed by atoms with Crippen LogP contribution < -0.4 is 9.46 Å². The molecule has 0 amide bonds. The zero-order valence-electron chi connectivity index (χ0n) is 12.8. The average molecular weight is 331 g/mol. The third kappa shape index (κ3) is 3.00. The number of benzene rings is 2. The van der Waals surface area contributed by atoms with Gasteiger partial charge in [-0.25, -0.2) is 13.4 Å². The van der Waals surface area contributed by atoms with E-state index in [4.69, 9.17) is 4.74 Å². The molecule has 7 heteroatoms. The summed E-state index contributed by atoms with van der Waals surface area (Å²) in [6.07, 6.45) is 0.760. The Morgan fingerprint density at radius 3 is 2.74 bits per heavy atom. The molecule has 3 aromatic rings. The molecule has 0 radical (unpaired) electrons. The minimum atomic E-state index is -3.71. The van der Waals surface area contributed by atoms with Crippen molar-refractivity contribution in [3.05, 3.63) is 48.3 Å². The number of rotatable bonds is 5. The highest BCUT2D eigenvalue weighted by molar-refractivity contribution is 7.92. The van der Waals surface area contributed by atoms with E-state index in [1.165, 1.54) is 7.11 Å². The predicted molar refractivity (Wildman–Crippen MR) is 89.3 cm³/mol. The zero-order chi connectivity index (χ0) is 16.4. The first kappa shape index (κ1) is 15.4. The van der Waals surface area contributed by atoms with Gasteiger partial charge in [-0.05, 0) is 30.3 Å². The number of hydrogen-bond acceptors (Lipinski definition) is 4. The normalized spacial score (nSPS) is 11.6. The van der Waals surface area contributed by atoms with Crippen molar-refractivity contribution in [2.75, 3.05) is 11.8 Å². The van der Waals surface area contributed by atoms with Crippen molar-refractivity contribution < 1.29 is 13.2 Å².